The molecule has 0 spiro atoms. The van der Waals surface area contributed by atoms with Crippen LogP contribution in [0.15, 0.2) is 30.3 Å². The summed E-state index contributed by atoms with van der Waals surface area (Å²) in [6.45, 7) is 4.50. The van der Waals surface area contributed by atoms with E-state index in [1.807, 2.05) is 44.2 Å². The molecule has 16 heavy (non-hydrogen) atoms. The van der Waals surface area contributed by atoms with Gasteiger partial charge in [0.1, 0.15) is 0 Å². The van der Waals surface area contributed by atoms with Crippen LogP contribution >= 0.6 is 0 Å². The van der Waals surface area contributed by atoms with E-state index in [9.17, 15) is 0 Å². The number of hydrogen-bond donors (Lipinski definition) is 1. The summed E-state index contributed by atoms with van der Waals surface area (Å²) < 4.78 is 10.9. The molecule has 0 aliphatic carbocycles. The lowest BCUT2D eigenvalue weighted by Crippen LogP contribution is -2.35. The van der Waals surface area contributed by atoms with Gasteiger partial charge in [0.05, 0.1) is 24.9 Å². The molecule has 0 fully saturated rings. The van der Waals surface area contributed by atoms with E-state index in [4.69, 9.17) is 15.2 Å². The summed E-state index contributed by atoms with van der Waals surface area (Å²) in [5, 5.41) is 0. The molecule has 1 rings (SSSR count). The quantitative estimate of drug-likeness (QED) is 0.803. The van der Waals surface area contributed by atoms with Crippen LogP contribution in [0.4, 0.5) is 0 Å². The van der Waals surface area contributed by atoms with Gasteiger partial charge in [-0.3, -0.25) is 0 Å². The van der Waals surface area contributed by atoms with Crippen molar-refractivity contribution < 1.29 is 9.47 Å². The normalized spacial score (nSPS) is 15.1. The number of ether oxygens (including phenoxy) is 2. The van der Waals surface area contributed by atoms with Gasteiger partial charge in [-0.2, -0.15) is 0 Å². The first-order chi connectivity index (χ1) is 7.65. The summed E-state index contributed by atoms with van der Waals surface area (Å²) in [7, 11) is 1.67. The highest BCUT2D eigenvalue weighted by molar-refractivity contribution is 5.19. The van der Waals surface area contributed by atoms with Gasteiger partial charge in [0.2, 0.25) is 0 Å². The van der Waals surface area contributed by atoms with Crippen LogP contribution < -0.4 is 5.73 Å². The number of nitrogens with two attached hydrogens (primary N) is 1. The molecule has 1 aromatic carbocycles. The first-order valence-electron chi connectivity index (χ1n) is 5.60. The molecule has 0 amide bonds. The number of benzene rings is 1. The maximum atomic E-state index is 6.06. The van der Waals surface area contributed by atoms with Gasteiger partial charge in [-0.1, -0.05) is 30.3 Å². The molecule has 0 saturated heterocycles. The Morgan fingerprint density at radius 3 is 2.31 bits per heavy atom. The summed E-state index contributed by atoms with van der Waals surface area (Å²) in [4.78, 5) is 0. The van der Waals surface area contributed by atoms with Crippen molar-refractivity contribution >= 4 is 0 Å². The Kier molecular flexibility index (Phi) is 5.46. The van der Waals surface area contributed by atoms with Crippen LogP contribution in [0.1, 0.15) is 25.5 Å². The van der Waals surface area contributed by atoms with Crippen molar-refractivity contribution in [3.63, 3.8) is 0 Å². The van der Waals surface area contributed by atoms with Crippen molar-refractivity contribution in [1.29, 1.82) is 0 Å². The van der Waals surface area contributed by atoms with E-state index in [-0.39, 0.29) is 18.2 Å². The van der Waals surface area contributed by atoms with Gasteiger partial charge < -0.3 is 15.2 Å². The lowest BCUT2D eigenvalue weighted by Gasteiger charge is -2.23. The predicted octanol–water partition coefficient (Wildman–Crippen LogP) is 2.13. The minimum atomic E-state index is -0.144. The van der Waals surface area contributed by atoms with Crippen LogP contribution in [0.25, 0.3) is 0 Å². The second-order valence-corrected chi connectivity index (χ2v) is 4.11. The van der Waals surface area contributed by atoms with Crippen molar-refractivity contribution in [1.82, 2.24) is 0 Å². The highest BCUT2D eigenvalue weighted by atomic mass is 16.5. The number of rotatable bonds is 6. The molecule has 0 saturated carbocycles. The van der Waals surface area contributed by atoms with E-state index >= 15 is 0 Å². The molecule has 0 aliphatic rings. The lowest BCUT2D eigenvalue weighted by atomic mass is 10.0. The molecule has 2 N–H and O–H groups in total. The van der Waals surface area contributed by atoms with Gasteiger partial charge in [-0.05, 0) is 19.4 Å². The largest absolute Gasteiger partial charge is 0.377 e. The first-order valence-corrected chi connectivity index (χ1v) is 5.60. The SMILES string of the molecule is COC(c1ccccc1)C(N)COC(C)C. The van der Waals surface area contributed by atoms with Crippen molar-refractivity contribution in [3.05, 3.63) is 35.9 Å². The molecule has 2 atom stereocenters. The maximum absolute atomic E-state index is 6.06. The molecule has 0 bridgehead atoms. The second-order valence-electron chi connectivity index (χ2n) is 4.11. The van der Waals surface area contributed by atoms with E-state index in [0.29, 0.717) is 6.61 Å². The lowest BCUT2D eigenvalue weighted by molar-refractivity contribution is 0.0124. The molecule has 0 heterocycles. The summed E-state index contributed by atoms with van der Waals surface area (Å²) in [6, 6.07) is 9.84. The molecule has 3 heteroatoms. The van der Waals surface area contributed by atoms with Crippen LogP contribution in [-0.2, 0) is 9.47 Å². The van der Waals surface area contributed by atoms with Crippen LogP contribution in [0.5, 0.6) is 0 Å². The minimum absolute atomic E-state index is 0.111. The summed E-state index contributed by atoms with van der Waals surface area (Å²) in [6.07, 6.45) is 0.0827. The van der Waals surface area contributed by atoms with Crippen molar-refractivity contribution in [2.24, 2.45) is 5.73 Å². The highest BCUT2D eigenvalue weighted by Crippen LogP contribution is 2.19. The first kappa shape index (κ1) is 13.2. The fourth-order valence-corrected chi connectivity index (χ4v) is 1.59. The molecule has 1 aromatic rings. The molecular weight excluding hydrogens is 202 g/mol. The van der Waals surface area contributed by atoms with Gasteiger partial charge in [0.15, 0.2) is 0 Å². The van der Waals surface area contributed by atoms with Crippen molar-refractivity contribution in [2.75, 3.05) is 13.7 Å². The average Bonchev–Trinajstić information content (AvgIpc) is 2.29. The van der Waals surface area contributed by atoms with Gasteiger partial charge in [-0.15, -0.1) is 0 Å². The van der Waals surface area contributed by atoms with Crippen molar-refractivity contribution in [3.8, 4) is 0 Å². The third kappa shape index (κ3) is 3.93. The molecule has 3 nitrogen and oxygen atoms in total. The van der Waals surface area contributed by atoms with Crippen LogP contribution in [0.3, 0.4) is 0 Å². The Labute approximate surface area is 97.6 Å². The monoisotopic (exact) mass is 223 g/mol. The van der Waals surface area contributed by atoms with Crippen molar-refractivity contribution in [2.45, 2.75) is 32.1 Å². The minimum Gasteiger partial charge on any atom is -0.377 e. The summed E-state index contributed by atoms with van der Waals surface area (Å²) in [5.74, 6) is 0. The topological polar surface area (TPSA) is 44.5 Å². The Hall–Kier alpha value is -0.900. The smallest absolute Gasteiger partial charge is 0.0994 e. The van der Waals surface area contributed by atoms with Gasteiger partial charge in [-0.25, -0.2) is 0 Å². The zero-order valence-corrected chi connectivity index (χ0v) is 10.2. The summed E-state index contributed by atoms with van der Waals surface area (Å²) >= 11 is 0. The third-order valence-corrected chi connectivity index (χ3v) is 2.39. The van der Waals surface area contributed by atoms with Gasteiger partial charge in [0, 0.05) is 7.11 Å². The number of methoxy groups -OCH3 is 1. The Balaban J connectivity index is 2.60. The fraction of sp³-hybridized carbons (Fsp3) is 0.538. The fourth-order valence-electron chi connectivity index (χ4n) is 1.59. The van der Waals surface area contributed by atoms with E-state index in [2.05, 4.69) is 0 Å². The second kappa shape index (κ2) is 6.63. The number of hydrogen-bond acceptors (Lipinski definition) is 3. The molecule has 0 aliphatic heterocycles. The molecular formula is C13H21NO2. The van der Waals surface area contributed by atoms with Crippen LogP contribution in [0.2, 0.25) is 0 Å². The van der Waals surface area contributed by atoms with Gasteiger partial charge >= 0.3 is 0 Å². The zero-order valence-electron chi connectivity index (χ0n) is 10.2. The predicted molar refractivity (Wildman–Crippen MR) is 65.3 cm³/mol. The molecule has 90 valence electrons. The zero-order chi connectivity index (χ0) is 12.0. The van der Waals surface area contributed by atoms with Gasteiger partial charge in [0.25, 0.3) is 0 Å². The van der Waals surface area contributed by atoms with Crippen LogP contribution in [-0.4, -0.2) is 25.9 Å². The maximum Gasteiger partial charge on any atom is 0.0994 e. The third-order valence-electron chi connectivity index (χ3n) is 2.39. The van der Waals surface area contributed by atoms with E-state index < -0.39 is 0 Å². The molecule has 0 aromatic heterocycles. The Morgan fingerprint density at radius 2 is 1.81 bits per heavy atom. The Bertz CT molecular complexity index is 287. The van der Waals surface area contributed by atoms with E-state index in [0.717, 1.165) is 5.56 Å². The standard InChI is InChI=1S/C13H21NO2/c1-10(2)16-9-12(14)13(15-3)11-7-5-4-6-8-11/h4-8,10,12-13H,9,14H2,1-3H3. The average molecular weight is 223 g/mol. The van der Waals surface area contributed by atoms with Crippen LogP contribution in [0, 0.1) is 0 Å². The molecule has 2 unspecified atom stereocenters. The van der Waals surface area contributed by atoms with E-state index in [1.54, 1.807) is 7.11 Å². The summed E-state index contributed by atoms with van der Waals surface area (Å²) in [5.41, 5.74) is 7.15. The Morgan fingerprint density at radius 1 is 1.19 bits per heavy atom. The molecule has 0 radical (unpaired) electrons. The van der Waals surface area contributed by atoms with E-state index in [1.165, 1.54) is 0 Å². The highest BCUT2D eigenvalue weighted by Gasteiger charge is 2.19.